The molecule has 96 valence electrons. The third kappa shape index (κ3) is 2.74. The molecule has 0 saturated carbocycles. The normalized spacial score (nSPS) is 11.2. The molecule has 2 aromatic heterocycles. The average Bonchev–Trinajstić information content (AvgIpc) is 2.82. The maximum Gasteiger partial charge on any atom is 0.266 e. The second-order valence-corrected chi connectivity index (χ2v) is 5.73. The molecule has 0 amide bonds. The lowest BCUT2D eigenvalue weighted by Crippen LogP contribution is -2.15. The molecule has 0 atom stereocenters. The molecule has 0 saturated heterocycles. The second-order valence-electron chi connectivity index (χ2n) is 3.29. The summed E-state index contributed by atoms with van der Waals surface area (Å²) in [6, 6.07) is 1.61. The van der Waals surface area contributed by atoms with Crippen LogP contribution in [0.1, 0.15) is 6.92 Å². The Kier molecular flexibility index (Phi) is 3.72. The molecule has 9 heteroatoms. The van der Waals surface area contributed by atoms with Gasteiger partial charge in [-0.3, -0.25) is 9.71 Å². The van der Waals surface area contributed by atoms with Crippen LogP contribution < -0.4 is 10.0 Å². The minimum atomic E-state index is -3.68. The number of nitrogens with zero attached hydrogens (tertiary/aromatic N) is 3. The van der Waals surface area contributed by atoms with Crippen molar-refractivity contribution in [2.45, 2.75) is 11.8 Å². The highest BCUT2D eigenvalue weighted by Gasteiger charge is 2.19. The highest BCUT2D eigenvalue weighted by molar-refractivity contribution is 7.93. The lowest BCUT2D eigenvalue weighted by molar-refractivity contribution is 0.601. The molecule has 0 spiro atoms. The van der Waals surface area contributed by atoms with Crippen LogP contribution in [0.4, 0.5) is 10.7 Å². The summed E-state index contributed by atoms with van der Waals surface area (Å²) in [5.41, 5.74) is 0.512. The van der Waals surface area contributed by atoms with E-state index < -0.39 is 10.0 Å². The summed E-state index contributed by atoms with van der Waals surface area (Å²) in [6.07, 6.45) is 4.19. The van der Waals surface area contributed by atoms with Gasteiger partial charge in [0.15, 0.2) is 0 Å². The van der Waals surface area contributed by atoms with Crippen molar-refractivity contribution in [3.63, 3.8) is 0 Å². The van der Waals surface area contributed by atoms with Crippen molar-refractivity contribution < 1.29 is 8.42 Å². The summed E-state index contributed by atoms with van der Waals surface area (Å²) in [5.74, 6) is 0. The molecule has 2 N–H and O–H groups in total. The van der Waals surface area contributed by atoms with Gasteiger partial charge in [0.1, 0.15) is 9.90 Å². The minimum Gasteiger partial charge on any atom is -0.384 e. The van der Waals surface area contributed by atoms with Crippen LogP contribution in [0.5, 0.6) is 0 Å². The standard InChI is InChI=1S/C9H11N5O2S2/c1-2-11-7-3-4-10-5-8(7)18(15,16)13-9-6-12-14-17-9/h3-6,13H,2H2,1H3,(H,10,11). The lowest BCUT2D eigenvalue weighted by Gasteiger charge is -2.10. The van der Waals surface area contributed by atoms with Crippen LogP contribution in [0.2, 0.25) is 0 Å². The fourth-order valence-corrected chi connectivity index (χ4v) is 3.14. The first kappa shape index (κ1) is 12.7. The first-order valence-electron chi connectivity index (χ1n) is 5.11. The smallest absolute Gasteiger partial charge is 0.266 e. The summed E-state index contributed by atoms with van der Waals surface area (Å²) in [5, 5.41) is 6.91. The van der Waals surface area contributed by atoms with E-state index in [-0.39, 0.29) is 4.90 Å². The summed E-state index contributed by atoms with van der Waals surface area (Å²) in [6.45, 7) is 2.51. The maximum absolute atomic E-state index is 12.2. The highest BCUT2D eigenvalue weighted by atomic mass is 32.2. The molecular weight excluding hydrogens is 274 g/mol. The van der Waals surface area contributed by atoms with Gasteiger partial charge in [-0.25, -0.2) is 8.42 Å². The van der Waals surface area contributed by atoms with E-state index >= 15 is 0 Å². The van der Waals surface area contributed by atoms with Crippen molar-refractivity contribution in [2.24, 2.45) is 0 Å². The molecule has 0 fully saturated rings. The van der Waals surface area contributed by atoms with E-state index in [2.05, 4.69) is 24.6 Å². The van der Waals surface area contributed by atoms with Gasteiger partial charge in [0.2, 0.25) is 0 Å². The number of anilines is 2. The molecule has 0 unspecified atom stereocenters. The Bertz CT molecular complexity index is 612. The van der Waals surface area contributed by atoms with E-state index in [1.807, 2.05) is 6.92 Å². The first-order valence-corrected chi connectivity index (χ1v) is 7.37. The van der Waals surface area contributed by atoms with Crippen LogP contribution in [-0.2, 0) is 10.0 Å². The quantitative estimate of drug-likeness (QED) is 0.855. The van der Waals surface area contributed by atoms with Gasteiger partial charge >= 0.3 is 0 Å². The van der Waals surface area contributed by atoms with E-state index in [1.54, 1.807) is 6.07 Å². The zero-order chi connectivity index (χ0) is 13.0. The van der Waals surface area contributed by atoms with Gasteiger partial charge < -0.3 is 5.32 Å². The SMILES string of the molecule is CCNc1ccncc1S(=O)(=O)Nc1cnns1. The highest BCUT2D eigenvalue weighted by Crippen LogP contribution is 2.23. The zero-order valence-electron chi connectivity index (χ0n) is 9.49. The lowest BCUT2D eigenvalue weighted by atomic mass is 10.4. The number of hydrogen-bond acceptors (Lipinski definition) is 7. The Morgan fingerprint density at radius 1 is 1.39 bits per heavy atom. The molecule has 0 bridgehead atoms. The monoisotopic (exact) mass is 285 g/mol. The van der Waals surface area contributed by atoms with Gasteiger partial charge in [0.25, 0.3) is 10.0 Å². The average molecular weight is 285 g/mol. The molecule has 0 aliphatic carbocycles. The Labute approximate surface area is 108 Å². The summed E-state index contributed by atoms with van der Waals surface area (Å²) >= 11 is 0.971. The Morgan fingerprint density at radius 3 is 2.89 bits per heavy atom. The van der Waals surface area contributed by atoms with Crippen molar-refractivity contribution in [1.82, 2.24) is 14.6 Å². The van der Waals surface area contributed by atoms with Gasteiger partial charge in [0.05, 0.1) is 11.9 Å². The Hall–Kier alpha value is -1.74. The van der Waals surface area contributed by atoms with Crippen LogP contribution in [0.25, 0.3) is 0 Å². The van der Waals surface area contributed by atoms with Gasteiger partial charge in [0, 0.05) is 30.5 Å². The van der Waals surface area contributed by atoms with E-state index in [0.717, 1.165) is 11.5 Å². The van der Waals surface area contributed by atoms with Crippen molar-refractivity contribution >= 4 is 32.2 Å². The van der Waals surface area contributed by atoms with Crippen molar-refractivity contribution in [3.8, 4) is 0 Å². The Morgan fingerprint density at radius 2 is 2.22 bits per heavy atom. The van der Waals surface area contributed by atoms with Gasteiger partial charge in [-0.2, -0.15) is 0 Å². The molecule has 2 rings (SSSR count). The maximum atomic E-state index is 12.2. The predicted molar refractivity (Wildman–Crippen MR) is 69.1 cm³/mol. The number of hydrogen-bond donors (Lipinski definition) is 2. The van der Waals surface area contributed by atoms with Crippen LogP contribution >= 0.6 is 11.5 Å². The van der Waals surface area contributed by atoms with Crippen molar-refractivity contribution in [3.05, 3.63) is 24.7 Å². The molecule has 2 heterocycles. The Balaban J connectivity index is 2.35. The fourth-order valence-electron chi connectivity index (χ4n) is 1.33. The first-order chi connectivity index (χ1) is 8.63. The zero-order valence-corrected chi connectivity index (χ0v) is 11.1. The summed E-state index contributed by atoms with van der Waals surface area (Å²) in [7, 11) is -3.68. The van der Waals surface area contributed by atoms with Crippen molar-refractivity contribution in [1.29, 1.82) is 0 Å². The molecule has 2 aromatic rings. The topological polar surface area (TPSA) is 96.9 Å². The van der Waals surface area contributed by atoms with Crippen LogP contribution in [0.15, 0.2) is 29.6 Å². The number of nitrogens with one attached hydrogen (secondary N) is 2. The number of rotatable bonds is 5. The van der Waals surface area contributed by atoms with Crippen LogP contribution in [-0.4, -0.2) is 29.5 Å². The van der Waals surface area contributed by atoms with E-state index in [0.29, 0.717) is 17.2 Å². The molecule has 0 aromatic carbocycles. The van der Waals surface area contributed by atoms with Crippen molar-refractivity contribution in [2.75, 3.05) is 16.6 Å². The summed E-state index contributed by atoms with van der Waals surface area (Å²) < 4.78 is 30.3. The fraction of sp³-hybridized carbons (Fsp3) is 0.222. The molecule has 7 nitrogen and oxygen atoms in total. The van der Waals surface area contributed by atoms with E-state index in [4.69, 9.17) is 0 Å². The van der Waals surface area contributed by atoms with Crippen LogP contribution in [0.3, 0.4) is 0 Å². The third-order valence-corrected chi connectivity index (χ3v) is 4.14. The van der Waals surface area contributed by atoms with E-state index in [9.17, 15) is 8.42 Å². The minimum absolute atomic E-state index is 0.0975. The molecular formula is C9H11N5O2S2. The number of aromatic nitrogens is 3. The van der Waals surface area contributed by atoms with Crippen LogP contribution in [0, 0.1) is 0 Å². The summed E-state index contributed by atoms with van der Waals surface area (Å²) in [4.78, 5) is 3.93. The molecule has 0 aliphatic heterocycles. The van der Waals surface area contributed by atoms with E-state index in [1.165, 1.54) is 18.6 Å². The second kappa shape index (κ2) is 5.27. The van der Waals surface area contributed by atoms with Gasteiger partial charge in [-0.05, 0) is 13.0 Å². The predicted octanol–water partition coefficient (Wildman–Crippen LogP) is 1.17. The molecule has 0 radical (unpaired) electrons. The van der Waals surface area contributed by atoms with Gasteiger partial charge in [-0.15, -0.1) is 5.10 Å². The molecule has 18 heavy (non-hydrogen) atoms. The van der Waals surface area contributed by atoms with Gasteiger partial charge in [-0.1, -0.05) is 4.49 Å². The largest absolute Gasteiger partial charge is 0.384 e. The number of pyridine rings is 1. The molecule has 0 aliphatic rings. The number of sulfonamides is 1. The third-order valence-electron chi connectivity index (χ3n) is 2.04.